The van der Waals surface area contributed by atoms with Gasteiger partial charge in [-0.1, -0.05) is 0 Å². The summed E-state index contributed by atoms with van der Waals surface area (Å²) in [4.78, 5) is 13.8. The van der Waals surface area contributed by atoms with Crippen LogP contribution in [-0.2, 0) is 13.0 Å². The normalized spacial score (nSPS) is 15.3. The third-order valence-corrected chi connectivity index (χ3v) is 3.94. The van der Waals surface area contributed by atoms with E-state index in [0.717, 1.165) is 17.7 Å². The molecule has 1 aliphatic rings. The lowest BCUT2D eigenvalue weighted by molar-refractivity contribution is 0.187. The molecule has 22 heavy (non-hydrogen) atoms. The fraction of sp³-hybridized carbons (Fsp3) is 0.333. The number of aromatic amines is 1. The van der Waals surface area contributed by atoms with Crippen molar-refractivity contribution in [3.63, 3.8) is 0 Å². The van der Waals surface area contributed by atoms with E-state index in [1.54, 1.807) is 12.4 Å². The maximum atomic E-state index is 13.8. The van der Waals surface area contributed by atoms with Crippen molar-refractivity contribution in [1.82, 2.24) is 20.4 Å². The summed E-state index contributed by atoms with van der Waals surface area (Å²) in [6.07, 6.45) is 3.64. The molecule has 2 amide bonds. The van der Waals surface area contributed by atoms with Gasteiger partial charge in [0.15, 0.2) is 0 Å². The number of hydrogen-bond acceptors (Lipinski definition) is 2. The average molecular weight is 306 g/mol. The number of carbonyl (C=O) groups excluding carboxylic acids is 1. The molecule has 1 unspecified atom stereocenters. The van der Waals surface area contributed by atoms with Crippen LogP contribution in [0.2, 0.25) is 0 Å². The van der Waals surface area contributed by atoms with Crippen LogP contribution in [0.15, 0.2) is 24.5 Å². The second-order valence-corrected chi connectivity index (χ2v) is 5.36. The summed E-state index contributed by atoms with van der Waals surface area (Å²) in [6, 6.07) is 1.71. The molecule has 2 aromatic rings. The number of hydrogen-bond donors (Lipinski definition) is 2. The molecular formula is C15H16F2N4O. The smallest absolute Gasteiger partial charge is 0.318 e. The van der Waals surface area contributed by atoms with Crippen LogP contribution in [0.4, 0.5) is 13.6 Å². The van der Waals surface area contributed by atoms with E-state index in [0.29, 0.717) is 18.5 Å². The van der Waals surface area contributed by atoms with Crippen molar-refractivity contribution < 1.29 is 13.6 Å². The number of amides is 2. The number of benzene rings is 1. The Kier molecular flexibility index (Phi) is 3.79. The van der Waals surface area contributed by atoms with E-state index in [4.69, 9.17) is 0 Å². The van der Waals surface area contributed by atoms with Gasteiger partial charge in [0, 0.05) is 23.9 Å². The number of H-pyrrole nitrogens is 1. The Morgan fingerprint density at radius 3 is 2.77 bits per heavy atom. The Bertz CT molecular complexity index is 687. The van der Waals surface area contributed by atoms with Gasteiger partial charge >= 0.3 is 6.03 Å². The largest absolute Gasteiger partial charge is 0.331 e. The van der Waals surface area contributed by atoms with E-state index in [9.17, 15) is 13.6 Å². The zero-order valence-electron chi connectivity index (χ0n) is 12.1. The number of urea groups is 1. The fourth-order valence-corrected chi connectivity index (χ4v) is 2.62. The maximum absolute atomic E-state index is 13.8. The zero-order chi connectivity index (χ0) is 15.7. The number of aromatic nitrogens is 2. The standard InChI is InChI=1S/C15H16F2N4O/c1-9(10-6-18-19-7-10)20-15(22)21-5-4-11-12(8-21)14(17)3-2-13(11)16/h2-3,6-7,9H,4-5,8H2,1H3,(H,18,19)(H,20,22). The average Bonchev–Trinajstić information content (AvgIpc) is 3.05. The van der Waals surface area contributed by atoms with Gasteiger partial charge in [-0.25, -0.2) is 13.6 Å². The van der Waals surface area contributed by atoms with Crippen LogP contribution >= 0.6 is 0 Å². The highest BCUT2D eigenvalue weighted by Crippen LogP contribution is 2.24. The Labute approximate surface area is 126 Å². The van der Waals surface area contributed by atoms with Crippen LogP contribution in [0.3, 0.4) is 0 Å². The van der Waals surface area contributed by atoms with Crippen molar-refractivity contribution in [3.8, 4) is 0 Å². The molecule has 1 aliphatic heterocycles. The minimum Gasteiger partial charge on any atom is -0.331 e. The number of halogens is 2. The molecule has 1 atom stereocenters. The van der Waals surface area contributed by atoms with E-state index in [-0.39, 0.29) is 24.2 Å². The molecule has 0 fully saturated rings. The van der Waals surface area contributed by atoms with E-state index < -0.39 is 11.6 Å². The van der Waals surface area contributed by atoms with Crippen molar-refractivity contribution in [2.24, 2.45) is 0 Å². The Morgan fingerprint density at radius 1 is 1.36 bits per heavy atom. The molecular weight excluding hydrogens is 290 g/mol. The molecule has 116 valence electrons. The Balaban J connectivity index is 1.72. The lowest BCUT2D eigenvalue weighted by Crippen LogP contribution is -2.44. The van der Waals surface area contributed by atoms with Gasteiger partial charge in [-0.3, -0.25) is 5.10 Å². The van der Waals surface area contributed by atoms with Crippen molar-refractivity contribution in [2.45, 2.75) is 25.9 Å². The van der Waals surface area contributed by atoms with Crippen LogP contribution in [0.1, 0.15) is 29.7 Å². The fourth-order valence-electron chi connectivity index (χ4n) is 2.62. The van der Waals surface area contributed by atoms with Crippen molar-refractivity contribution >= 4 is 6.03 Å². The maximum Gasteiger partial charge on any atom is 0.318 e. The minimum atomic E-state index is -0.475. The summed E-state index contributed by atoms with van der Waals surface area (Å²) >= 11 is 0. The molecule has 5 nitrogen and oxygen atoms in total. The molecule has 3 rings (SSSR count). The van der Waals surface area contributed by atoms with Gasteiger partial charge in [-0.15, -0.1) is 0 Å². The first-order valence-corrected chi connectivity index (χ1v) is 7.06. The SMILES string of the molecule is CC(NC(=O)N1CCc2c(F)ccc(F)c2C1)c1cn[nH]c1. The first-order chi connectivity index (χ1) is 10.6. The van der Waals surface area contributed by atoms with E-state index in [1.807, 2.05) is 6.92 Å². The summed E-state index contributed by atoms with van der Waals surface area (Å²) in [5.74, 6) is -0.889. The van der Waals surface area contributed by atoms with Gasteiger partial charge in [0.2, 0.25) is 0 Å². The molecule has 0 saturated heterocycles. The number of nitrogens with zero attached hydrogens (tertiary/aromatic N) is 2. The molecule has 0 aliphatic carbocycles. The molecule has 2 heterocycles. The highest BCUT2D eigenvalue weighted by atomic mass is 19.1. The van der Waals surface area contributed by atoms with E-state index in [2.05, 4.69) is 15.5 Å². The third-order valence-electron chi connectivity index (χ3n) is 3.94. The molecule has 0 radical (unpaired) electrons. The molecule has 0 spiro atoms. The second-order valence-electron chi connectivity index (χ2n) is 5.36. The zero-order valence-corrected chi connectivity index (χ0v) is 12.1. The summed E-state index contributed by atoms with van der Waals surface area (Å²) in [5, 5.41) is 9.34. The minimum absolute atomic E-state index is 0.0723. The number of fused-ring (bicyclic) bond motifs is 1. The van der Waals surface area contributed by atoms with Gasteiger partial charge in [-0.05, 0) is 31.0 Å². The lowest BCUT2D eigenvalue weighted by Gasteiger charge is -2.30. The van der Waals surface area contributed by atoms with Crippen molar-refractivity contribution in [1.29, 1.82) is 0 Å². The predicted octanol–water partition coefficient (Wildman–Crippen LogP) is 2.52. The monoisotopic (exact) mass is 306 g/mol. The highest BCUT2D eigenvalue weighted by Gasteiger charge is 2.26. The molecule has 0 bridgehead atoms. The second kappa shape index (κ2) is 5.75. The molecule has 7 heteroatoms. The number of rotatable bonds is 2. The number of carbonyl (C=O) groups is 1. The van der Waals surface area contributed by atoms with Gasteiger partial charge in [0.25, 0.3) is 0 Å². The van der Waals surface area contributed by atoms with Gasteiger partial charge < -0.3 is 10.2 Å². The summed E-state index contributed by atoms with van der Waals surface area (Å²) < 4.78 is 27.5. The van der Waals surface area contributed by atoms with Crippen molar-refractivity contribution in [3.05, 3.63) is 52.9 Å². The molecule has 1 aromatic heterocycles. The summed E-state index contributed by atoms with van der Waals surface area (Å²) in [6.45, 7) is 2.26. The lowest BCUT2D eigenvalue weighted by atomic mass is 9.99. The molecule has 0 saturated carbocycles. The predicted molar refractivity (Wildman–Crippen MR) is 76.0 cm³/mol. The van der Waals surface area contributed by atoms with Crippen molar-refractivity contribution in [2.75, 3.05) is 6.54 Å². The topological polar surface area (TPSA) is 61.0 Å². The molecule has 1 aromatic carbocycles. The van der Waals surface area contributed by atoms with Crippen LogP contribution in [0, 0.1) is 11.6 Å². The van der Waals surface area contributed by atoms with Crippen LogP contribution in [-0.4, -0.2) is 27.7 Å². The van der Waals surface area contributed by atoms with Crippen LogP contribution in [0.25, 0.3) is 0 Å². The van der Waals surface area contributed by atoms with E-state index >= 15 is 0 Å². The van der Waals surface area contributed by atoms with Crippen LogP contribution in [0.5, 0.6) is 0 Å². The number of nitrogens with one attached hydrogen (secondary N) is 2. The van der Waals surface area contributed by atoms with Gasteiger partial charge in [0.1, 0.15) is 11.6 Å². The Hall–Kier alpha value is -2.44. The van der Waals surface area contributed by atoms with Gasteiger partial charge in [0.05, 0.1) is 18.8 Å². The van der Waals surface area contributed by atoms with Crippen LogP contribution < -0.4 is 5.32 Å². The first kappa shape index (κ1) is 14.5. The summed E-state index contributed by atoms with van der Waals surface area (Å²) in [7, 11) is 0. The summed E-state index contributed by atoms with van der Waals surface area (Å²) in [5.41, 5.74) is 1.48. The Morgan fingerprint density at radius 2 is 2.09 bits per heavy atom. The van der Waals surface area contributed by atoms with E-state index in [1.165, 1.54) is 4.90 Å². The highest BCUT2D eigenvalue weighted by molar-refractivity contribution is 5.75. The first-order valence-electron chi connectivity index (χ1n) is 7.06. The quantitative estimate of drug-likeness (QED) is 0.895. The molecule has 2 N–H and O–H groups in total. The third kappa shape index (κ3) is 2.66. The van der Waals surface area contributed by atoms with Gasteiger partial charge in [-0.2, -0.15) is 5.10 Å².